The lowest BCUT2D eigenvalue weighted by molar-refractivity contribution is 0.386. The van der Waals surface area contributed by atoms with Crippen LogP contribution in [0.25, 0.3) is 0 Å². The van der Waals surface area contributed by atoms with Crippen molar-refractivity contribution in [3.05, 3.63) is 29.6 Å². The molecule has 6 heteroatoms. The van der Waals surface area contributed by atoms with Gasteiger partial charge in [0.05, 0.1) is 7.11 Å². The predicted molar refractivity (Wildman–Crippen MR) is 101 cm³/mol. The molecule has 0 saturated heterocycles. The molecule has 0 bridgehead atoms. The molecule has 0 aliphatic heterocycles. The maximum Gasteiger partial charge on any atom is 0.191 e. The van der Waals surface area contributed by atoms with Crippen molar-refractivity contribution in [3.63, 3.8) is 0 Å². The molecule has 0 saturated carbocycles. The third kappa shape index (κ3) is 6.81. The zero-order chi connectivity index (χ0) is 15.7. The van der Waals surface area contributed by atoms with Gasteiger partial charge in [0.15, 0.2) is 17.5 Å². The lowest BCUT2D eigenvalue weighted by Crippen LogP contribution is -2.39. The average molecular weight is 423 g/mol. The second kappa shape index (κ2) is 11.5. The van der Waals surface area contributed by atoms with E-state index in [1.165, 1.54) is 13.2 Å². The molecule has 0 unspecified atom stereocenters. The number of hydrogen-bond acceptors (Lipinski definition) is 2. The summed E-state index contributed by atoms with van der Waals surface area (Å²) in [5.74, 6) is 1.28. The first-order chi connectivity index (χ1) is 10.1. The SMILES string of the molecule is CCC(CC)CNC(=NC)NCc1ccc(OC)c(F)c1.I. The van der Waals surface area contributed by atoms with Crippen molar-refractivity contribution >= 4 is 29.9 Å². The molecule has 1 aromatic carbocycles. The van der Waals surface area contributed by atoms with E-state index in [9.17, 15) is 4.39 Å². The predicted octanol–water partition coefficient (Wildman–Crippen LogP) is 3.55. The zero-order valence-corrected chi connectivity index (χ0v) is 16.1. The van der Waals surface area contributed by atoms with Gasteiger partial charge in [0, 0.05) is 20.1 Å². The van der Waals surface area contributed by atoms with Gasteiger partial charge in [0.1, 0.15) is 0 Å². The molecular weight excluding hydrogens is 396 g/mol. The maximum absolute atomic E-state index is 13.6. The molecule has 4 nitrogen and oxygen atoms in total. The minimum absolute atomic E-state index is 0. The van der Waals surface area contributed by atoms with Gasteiger partial charge >= 0.3 is 0 Å². The number of benzene rings is 1. The van der Waals surface area contributed by atoms with E-state index in [0.29, 0.717) is 12.5 Å². The molecule has 2 N–H and O–H groups in total. The van der Waals surface area contributed by atoms with Crippen LogP contribution in [0.2, 0.25) is 0 Å². The van der Waals surface area contributed by atoms with Crippen LogP contribution in [-0.4, -0.2) is 26.7 Å². The number of halogens is 2. The quantitative estimate of drug-likeness (QED) is 0.401. The molecule has 0 spiro atoms. The fraction of sp³-hybridized carbons (Fsp3) is 0.562. The third-order valence-electron chi connectivity index (χ3n) is 3.61. The number of methoxy groups -OCH3 is 1. The van der Waals surface area contributed by atoms with Crippen LogP contribution in [0, 0.1) is 11.7 Å². The molecule has 0 atom stereocenters. The summed E-state index contributed by atoms with van der Waals surface area (Å²) >= 11 is 0. The van der Waals surface area contributed by atoms with E-state index in [-0.39, 0.29) is 35.5 Å². The Balaban J connectivity index is 0.00000441. The van der Waals surface area contributed by atoms with Crippen LogP contribution in [0.15, 0.2) is 23.2 Å². The Morgan fingerprint density at radius 3 is 2.45 bits per heavy atom. The molecule has 0 fully saturated rings. The van der Waals surface area contributed by atoms with Crippen molar-refractivity contribution in [2.24, 2.45) is 10.9 Å². The Bertz CT molecular complexity index is 465. The molecule has 0 amide bonds. The van der Waals surface area contributed by atoms with Gasteiger partial charge < -0.3 is 15.4 Å². The standard InChI is InChI=1S/C16H26FN3O.HI/c1-5-12(6-2)10-19-16(18-3)20-11-13-7-8-15(21-4)14(17)9-13;/h7-9,12H,5-6,10-11H2,1-4H3,(H2,18,19,20);1H. The van der Waals surface area contributed by atoms with Crippen molar-refractivity contribution in [2.75, 3.05) is 20.7 Å². The van der Waals surface area contributed by atoms with E-state index in [1.807, 2.05) is 6.07 Å². The summed E-state index contributed by atoms with van der Waals surface area (Å²) in [4.78, 5) is 4.18. The number of rotatable bonds is 7. The smallest absolute Gasteiger partial charge is 0.191 e. The molecule has 0 aliphatic carbocycles. The first kappa shape index (κ1) is 20.9. The number of nitrogens with one attached hydrogen (secondary N) is 2. The van der Waals surface area contributed by atoms with E-state index in [2.05, 4.69) is 29.5 Å². The number of nitrogens with zero attached hydrogens (tertiary/aromatic N) is 1. The van der Waals surface area contributed by atoms with Crippen molar-refractivity contribution in [1.82, 2.24) is 10.6 Å². The normalized spacial score (nSPS) is 11.1. The van der Waals surface area contributed by atoms with Crippen LogP contribution in [0.5, 0.6) is 5.75 Å². The number of aliphatic imine (C=N–C) groups is 1. The molecule has 22 heavy (non-hydrogen) atoms. The van der Waals surface area contributed by atoms with Crippen LogP contribution in [-0.2, 0) is 6.54 Å². The van der Waals surface area contributed by atoms with Crippen LogP contribution in [0.1, 0.15) is 32.3 Å². The van der Waals surface area contributed by atoms with E-state index in [1.54, 1.807) is 13.1 Å². The molecular formula is C16H27FIN3O. The lowest BCUT2D eigenvalue weighted by atomic mass is 10.0. The monoisotopic (exact) mass is 423 g/mol. The van der Waals surface area contributed by atoms with Gasteiger partial charge in [-0.25, -0.2) is 4.39 Å². The van der Waals surface area contributed by atoms with E-state index in [4.69, 9.17) is 4.74 Å². The van der Waals surface area contributed by atoms with Gasteiger partial charge in [-0.2, -0.15) is 0 Å². The summed E-state index contributed by atoms with van der Waals surface area (Å²) in [5, 5.41) is 6.48. The Labute approximate surface area is 149 Å². The first-order valence-electron chi connectivity index (χ1n) is 7.41. The minimum Gasteiger partial charge on any atom is -0.494 e. The fourth-order valence-electron chi connectivity index (χ4n) is 2.04. The molecule has 0 radical (unpaired) electrons. The van der Waals surface area contributed by atoms with E-state index >= 15 is 0 Å². The molecule has 0 aromatic heterocycles. The van der Waals surface area contributed by atoms with Crippen molar-refractivity contribution in [1.29, 1.82) is 0 Å². The topological polar surface area (TPSA) is 45.7 Å². The van der Waals surface area contributed by atoms with Gasteiger partial charge in [-0.3, -0.25) is 4.99 Å². The Morgan fingerprint density at radius 1 is 1.27 bits per heavy atom. The first-order valence-corrected chi connectivity index (χ1v) is 7.41. The Hall–Kier alpha value is -1.05. The number of ether oxygens (including phenoxy) is 1. The summed E-state index contributed by atoms with van der Waals surface area (Å²) in [5.41, 5.74) is 0.846. The van der Waals surface area contributed by atoms with Crippen LogP contribution in [0.4, 0.5) is 4.39 Å². The largest absolute Gasteiger partial charge is 0.494 e. The third-order valence-corrected chi connectivity index (χ3v) is 3.61. The Kier molecular flexibility index (Phi) is 11.0. The van der Waals surface area contributed by atoms with Crippen molar-refractivity contribution < 1.29 is 9.13 Å². The van der Waals surface area contributed by atoms with Crippen molar-refractivity contribution in [3.8, 4) is 5.75 Å². The van der Waals surface area contributed by atoms with Crippen LogP contribution >= 0.6 is 24.0 Å². The Morgan fingerprint density at radius 2 is 1.95 bits per heavy atom. The zero-order valence-electron chi connectivity index (χ0n) is 13.8. The van der Waals surface area contributed by atoms with Gasteiger partial charge in [-0.15, -0.1) is 24.0 Å². The number of guanidine groups is 1. The van der Waals surface area contributed by atoms with Crippen LogP contribution < -0.4 is 15.4 Å². The maximum atomic E-state index is 13.6. The molecule has 0 heterocycles. The molecule has 0 aliphatic rings. The van der Waals surface area contributed by atoms with Gasteiger partial charge in [0.2, 0.25) is 0 Å². The molecule has 126 valence electrons. The highest BCUT2D eigenvalue weighted by atomic mass is 127. The summed E-state index contributed by atoms with van der Waals surface area (Å²) in [6.45, 7) is 5.78. The fourth-order valence-corrected chi connectivity index (χ4v) is 2.04. The van der Waals surface area contributed by atoms with Gasteiger partial charge in [0.25, 0.3) is 0 Å². The summed E-state index contributed by atoms with van der Waals surface area (Å²) in [6.07, 6.45) is 2.29. The average Bonchev–Trinajstić information content (AvgIpc) is 2.51. The van der Waals surface area contributed by atoms with Gasteiger partial charge in [-0.1, -0.05) is 32.8 Å². The minimum atomic E-state index is -0.350. The van der Waals surface area contributed by atoms with E-state index < -0.39 is 0 Å². The molecule has 1 aromatic rings. The number of hydrogen-bond donors (Lipinski definition) is 2. The van der Waals surface area contributed by atoms with E-state index in [0.717, 1.165) is 30.9 Å². The summed E-state index contributed by atoms with van der Waals surface area (Å²) in [6, 6.07) is 4.94. The second-order valence-electron chi connectivity index (χ2n) is 4.96. The van der Waals surface area contributed by atoms with Gasteiger partial charge in [-0.05, 0) is 23.6 Å². The second-order valence-corrected chi connectivity index (χ2v) is 4.96. The van der Waals surface area contributed by atoms with Crippen LogP contribution in [0.3, 0.4) is 0 Å². The highest BCUT2D eigenvalue weighted by molar-refractivity contribution is 14.0. The van der Waals surface area contributed by atoms with Crippen molar-refractivity contribution in [2.45, 2.75) is 33.2 Å². The lowest BCUT2D eigenvalue weighted by Gasteiger charge is -2.16. The highest BCUT2D eigenvalue weighted by Gasteiger charge is 2.06. The summed E-state index contributed by atoms with van der Waals surface area (Å²) in [7, 11) is 3.19. The highest BCUT2D eigenvalue weighted by Crippen LogP contribution is 2.17. The summed E-state index contributed by atoms with van der Waals surface area (Å²) < 4.78 is 18.5. The molecule has 1 rings (SSSR count).